The summed E-state index contributed by atoms with van der Waals surface area (Å²) in [6, 6.07) is 20.3. The fourth-order valence-electron chi connectivity index (χ4n) is 3.18. The molecular weight excluding hydrogens is 416 g/mol. The number of nitrogens with zero attached hydrogens (tertiary/aromatic N) is 2. The van der Waals surface area contributed by atoms with E-state index in [0.29, 0.717) is 28.1 Å². The first kappa shape index (κ1) is 20.3. The van der Waals surface area contributed by atoms with Crippen molar-refractivity contribution in [1.82, 2.24) is 14.3 Å². The van der Waals surface area contributed by atoms with Gasteiger partial charge in [0.15, 0.2) is 0 Å². The smallest absolute Gasteiger partial charge is 0.307 e. The van der Waals surface area contributed by atoms with Crippen LogP contribution in [-0.2, 0) is 10.0 Å². The molecule has 3 aromatic carbocycles. The van der Waals surface area contributed by atoms with Gasteiger partial charge in [0.2, 0.25) is 0 Å². The minimum atomic E-state index is -4.10. The van der Waals surface area contributed by atoms with Gasteiger partial charge in [0.1, 0.15) is 5.82 Å². The zero-order valence-corrected chi connectivity index (χ0v) is 17.3. The van der Waals surface area contributed by atoms with E-state index in [1.807, 2.05) is 4.72 Å². The molecule has 8 nitrogen and oxygen atoms in total. The number of fused-ring (bicyclic) bond motifs is 1. The van der Waals surface area contributed by atoms with E-state index in [0.717, 1.165) is 0 Å². The second-order valence-electron chi connectivity index (χ2n) is 6.74. The molecule has 0 atom stereocenters. The van der Waals surface area contributed by atoms with Crippen LogP contribution in [0.5, 0.6) is 0 Å². The Morgan fingerprint density at radius 2 is 1.55 bits per heavy atom. The summed E-state index contributed by atoms with van der Waals surface area (Å²) in [6.07, 6.45) is 0. The molecular formula is C22H18N4O4S. The van der Waals surface area contributed by atoms with Gasteiger partial charge >= 0.3 is 6.03 Å². The molecule has 0 spiro atoms. The van der Waals surface area contributed by atoms with Gasteiger partial charge < -0.3 is 5.32 Å². The molecule has 0 saturated carbocycles. The van der Waals surface area contributed by atoms with E-state index in [9.17, 15) is 18.0 Å². The number of rotatable bonds is 4. The van der Waals surface area contributed by atoms with Crippen molar-refractivity contribution in [3.05, 3.63) is 95.0 Å². The van der Waals surface area contributed by atoms with E-state index in [-0.39, 0.29) is 10.5 Å². The Hall–Kier alpha value is -3.98. The van der Waals surface area contributed by atoms with Gasteiger partial charge in [-0.25, -0.2) is 22.9 Å². The number of carbonyl (C=O) groups excluding carboxylic acids is 1. The molecule has 31 heavy (non-hydrogen) atoms. The lowest BCUT2D eigenvalue weighted by Gasteiger charge is -2.12. The molecule has 2 N–H and O–H groups in total. The number of amides is 2. The molecule has 0 bridgehead atoms. The molecule has 2 amide bonds. The lowest BCUT2D eigenvalue weighted by Crippen LogP contribution is -2.34. The monoisotopic (exact) mass is 434 g/mol. The minimum Gasteiger partial charge on any atom is -0.307 e. The number of aryl methyl sites for hydroxylation is 1. The van der Waals surface area contributed by atoms with Gasteiger partial charge in [0, 0.05) is 5.69 Å². The summed E-state index contributed by atoms with van der Waals surface area (Å²) >= 11 is 0. The van der Waals surface area contributed by atoms with Gasteiger partial charge in [-0.1, -0.05) is 30.3 Å². The molecule has 1 heterocycles. The van der Waals surface area contributed by atoms with Gasteiger partial charge in [-0.05, 0) is 55.5 Å². The average Bonchev–Trinajstić information content (AvgIpc) is 2.74. The molecule has 156 valence electrons. The number of hydrogen-bond acceptors (Lipinski definition) is 5. The first-order valence-corrected chi connectivity index (χ1v) is 10.8. The fourth-order valence-corrected chi connectivity index (χ4v) is 4.09. The number of para-hydroxylation sites is 2. The van der Waals surface area contributed by atoms with Crippen LogP contribution in [0.15, 0.2) is 88.6 Å². The third-order valence-electron chi connectivity index (χ3n) is 4.61. The molecule has 0 radical (unpaired) electrons. The van der Waals surface area contributed by atoms with Crippen LogP contribution >= 0.6 is 0 Å². The van der Waals surface area contributed by atoms with E-state index in [2.05, 4.69) is 10.3 Å². The van der Waals surface area contributed by atoms with Crippen molar-refractivity contribution >= 4 is 32.6 Å². The Kier molecular flexibility index (Phi) is 5.26. The predicted octanol–water partition coefficient (Wildman–Crippen LogP) is 3.20. The summed E-state index contributed by atoms with van der Waals surface area (Å²) in [5, 5.41) is 2.92. The number of nitrogens with one attached hydrogen (secondary N) is 2. The lowest BCUT2D eigenvalue weighted by molar-refractivity contribution is 0.256. The topological polar surface area (TPSA) is 110 Å². The van der Waals surface area contributed by atoms with Crippen LogP contribution < -0.4 is 15.6 Å². The second kappa shape index (κ2) is 8.04. The highest BCUT2D eigenvalue weighted by Gasteiger charge is 2.18. The van der Waals surface area contributed by atoms with Gasteiger partial charge in [0.05, 0.1) is 21.5 Å². The van der Waals surface area contributed by atoms with Crippen LogP contribution in [0.1, 0.15) is 5.82 Å². The average molecular weight is 434 g/mol. The van der Waals surface area contributed by atoms with Gasteiger partial charge in [-0.3, -0.25) is 9.36 Å². The summed E-state index contributed by atoms with van der Waals surface area (Å²) in [5.41, 5.74) is 1.27. The third-order valence-corrected chi connectivity index (χ3v) is 5.95. The van der Waals surface area contributed by atoms with Crippen molar-refractivity contribution in [3.63, 3.8) is 0 Å². The van der Waals surface area contributed by atoms with Gasteiger partial charge in [-0.15, -0.1) is 0 Å². The summed E-state index contributed by atoms with van der Waals surface area (Å²) in [4.78, 5) is 29.3. The summed E-state index contributed by atoms with van der Waals surface area (Å²) < 4.78 is 28.5. The van der Waals surface area contributed by atoms with Crippen molar-refractivity contribution < 1.29 is 13.2 Å². The van der Waals surface area contributed by atoms with Crippen LogP contribution in [0.2, 0.25) is 0 Å². The number of carbonyl (C=O) groups is 1. The summed E-state index contributed by atoms with van der Waals surface area (Å²) in [6.45, 7) is 1.70. The van der Waals surface area contributed by atoms with Crippen molar-refractivity contribution in [2.24, 2.45) is 0 Å². The van der Waals surface area contributed by atoms with Crippen LogP contribution in [0.4, 0.5) is 10.5 Å². The second-order valence-corrected chi connectivity index (χ2v) is 8.42. The summed E-state index contributed by atoms with van der Waals surface area (Å²) in [7, 11) is -4.10. The van der Waals surface area contributed by atoms with Crippen LogP contribution in [0.3, 0.4) is 0 Å². The molecule has 0 aliphatic heterocycles. The zero-order chi connectivity index (χ0) is 22.0. The third kappa shape index (κ3) is 4.17. The fraction of sp³-hybridized carbons (Fsp3) is 0.0455. The predicted molar refractivity (Wildman–Crippen MR) is 118 cm³/mol. The highest BCUT2D eigenvalue weighted by atomic mass is 32.2. The normalized spacial score (nSPS) is 11.3. The molecule has 1 aromatic heterocycles. The van der Waals surface area contributed by atoms with Gasteiger partial charge in [0.25, 0.3) is 15.6 Å². The molecule has 0 aliphatic rings. The Balaban J connectivity index is 1.60. The molecule has 0 saturated heterocycles. The molecule has 0 unspecified atom stereocenters. The van der Waals surface area contributed by atoms with Crippen molar-refractivity contribution in [2.75, 3.05) is 5.32 Å². The standard InChI is InChI=1S/C22H18N4O4S/c1-15-23-20-10-6-5-9-19(20)21(27)26(15)17-11-13-18(14-12-17)31(29,30)25-22(28)24-16-7-3-2-4-8-16/h2-14H,1H3,(H2,24,25,28). The number of aromatic nitrogens is 2. The maximum Gasteiger partial charge on any atom is 0.333 e. The highest BCUT2D eigenvalue weighted by Crippen LogP contribution is 2.16. The maximum absolute atomic E-state index is 12.9. The first-order valence-electron chi connectivity index (χ1n) is 9.33. The van der Waals surface area contributed by atoms with Crippen LogP contribution in [-0.4, -0.2) is 24.0 Å². The molecule has 0 fully saturated rings. The van der Waals surface area contributed by atoms with Gasteiger partial charge in [-0.2, -0.15) is 0 Å². The lowest BCUT2D eigenvalue weighted by atomic mass is 10.2. The Morgan fingerprint density at radius 3 is 2.26 bits per heavy atom. The number of anilines is 1. The number of sulfonamides is 1. The van der Waals surface area contributed by atoms with Crippen molar-refractivity contribution in [2.45, 2.75) is 11.8 Å². The number of hydrogen-bond donors (Lipinski definition) is 2. The van der Waals surface area contributed by atoms with Crippen molar-refractivity contribution in [3.8, 4) is 5.69 Å². The van der Waals surface area contributed by atoms with E-state index in [4.69, 9.17) is 0 Å². The van der Waals surface area contributed by atoms with E-state index < -0.39 is 16.1 Å². The van der Waals surface area contributed by atoms with E-state index >= 15 is 0 Å². The molecule has 4 rings (SSSR count). The number of benzene rings is 3. The first-order chi connectivity index (χ1) is 14.8. The molecule has 4 aromatic rings. The zero-order valence-electron chi connectivity index (χ0n) is 16.4. The SMILES string of the molecule is Cc1nc2ccccc2c(=O)n1-c1ccc(S(=O)(=O)NC(=O)Nc2ccccc2)cc1. The highest BCUT2D eigenvalue weighted by molar-refractivity contribution is 7.90. The molecule has 9 heteroatoms. The minimum absolute atomic E-state index is 0.112. The van der Waals surface area contributed by atoms with Crippen molar-refractivity contribution in [1.29, 1.82) is 0 Å². The number of urea groups is 1. The summed E-state index contributed by atoms with van der Waals surface area (Å²) in [5.74, 6) is 0.472. The van der Waals surface area contributed by atoms with E-state index in [1.165, 1.54) is 28.8 Å². The maximum atomic E-state index is 12.9. The Morgan fingerprint density at radius 1 is 0.903 bits per heavy atom. The quantitative estimate of drug-likeness (QED) is 0.513. The van der Waals surface area contributed by atoms with Crippen LogP contribution in [0.25, 0.3) is 16.6 Å². The van der Waals surface area contributed by atoms with Crippen LogP contribution in [0, 0.1) is 6.92 Å². The largest absolute Gasteiger partial charge is 0.333 e. The Labute approximate surface area is 178 Å². The van der Waals surface area contributed by atoms with E-state index in [1.54, 1.807) is 61.5 Å². The Bertz CT molecular complexity index is 1430. The molecule has 0 aliphatic carbocycles.